The maximum Gasteiger partial charge on any atom is 0.337 e. The molecular weight excluding hydrogens is 242 g/mol. The van der Waals surface area contributed by atoms with Crippen LogP contribution in [-0.2, 0) is 11.3 Å². The van der Waals surface area contributed by atoms with E-state index in [1.165, 1.54) is 7.11 Å². The fourth-order valence-electron chi connectivity index (χ4n) is 2.28. The quantitative estimate of drug-likeness (QED) is 0.861. The molecule has 0 amide bonds. The molecule has 4 heteroatoms. The van der Waals surface area contributed by atoms with E-state index in [2.05, 4.69) is 0 Å². The number of aliphatic hydroxyl groups is 1. The average molecular weight is 259 g/mol. The van der Waals surface area contributed by atoms with Gasteiger partial charge in [0, 0.05) is 17.1 Å². The normalized spacial score (nSPS) is 10.5. The van der Waals surface area contributed by atoms with E-state index in [0.29, 0.717) is 5.56 Å². The first-order valence-electron chi connectivity index (χ1n) is 6.06. The van der Waals surface area contributed by atoms with Crippen LogP contribution in [-0.4, -0.2) is 22.8 Å². The number of esters is 1. The Bertz CT molecular complexity index is 614. The number of aromatic nitrogens is 1. The zero-order chi connectivity index (χ0) is 14.0. The third-order valence-electron chi connectivity index (χ3n) is 3.23. The molecule has 0 radical (unpaired) electrons. The molecule has 1 aromatic heterocycles. The summed E-state index contributed by atoms with van der Waals surface area (Å²) in [6.07, 6.45) is 0. The number of aryl methyl sites for hydroxylation is 1. The fourth-order valence-corrected chi connectivity index (χ4v) is 2.28. The molecule has 2 rings (SSSR count). The van der Waals surface area contributed by atoms with E-state index in [-0.39, 0.29) is 12.6 Å². The molecule has 0 spiro atoms. The lowest BCUT2D eigenvalue weighted by atomic mass is 10.2. The smallest absolute Gasteiger partial charge is 0.337 e. The predicted octanol–water partition coefficient (Wildman–Crippen LogP) is 2.37. The standard InChI is InChI=1S/C15H17NO3/c1-10-7-13(9-17)11(2)16(10)14-6-4-5-12(8-14)15(18)19-3/h4-8,17H,9H2,1-3H3. The van der Waals surface area contributed by atoms with E-state index in [1.54, 1.807) is 12.1 Å². The lowest BCUT2D eigenvalue weighted by Gasteiger charge is -2.11. The number of carbonyl (C=O) groups excluding carboxylic acids is 1. The van der Waals surface area contributed by atoms with Crippen molar-refractivity contribution in [1.82, 2.24) is 4.57 Å². The second-order valence-corrected chi connectivity index (χ2v) is 4.43. The van der Waals surface area contributed by atoms with Gasteiger partial charge in [-0.15, -0.1) is 0 Å². The van der Waals surface area contributed by atoms with Crippen LogP contribution in [0.1, 0.15) is 27.3 Å². The summed E-state index contributed by atoms with van der Waals surface area (Å²) in [6, 6.07) is 9.19. The number of rotatable bonds is 3. The maximum atomic E-state index is 11.6. The Morgan fingerprint density at radius 3 is 2.63 bits per heavy atom. The van der Waals surface area contributed by atoms with Crippen molar-refractivity contribution < 1.29 is 14.6 Å². The van der Waals surface area contributed by atoms with Gasteiger partial charge in [-0.3, -0.25) is 0 Å². The van der Waals surface area contributed by atoms with Gasteiger partial charge in [0.25, 0.3) is 0 Å². The lowest BCUT2D eigenvalue weighted by molar-refractivity contribution is 0.0600. The van der Waals surface area contributed by atoms with E-state index in [0.717, 1.165) is 22.6 Å². The highest BCUT2D eigenvalue weighted by atomic mass is 16.5. The number of benzene rings is 1. The maximum absolute atomic E-state index is 11.6. The second kappa shape index (κ2) is 5.28. The van der Waals surface area contributed by atoms with Crippen LogP contribution in [0.2, 0.25) is 0 Å². The highest BCUT2D eigenvalue weighted by Crippen LogP contribution is 2.21. The van der Waals surface area contributed by atoms with Gasteiger partial charge in [-0.25, -0.2) is 4.79 Å². The van der Waals surface area contributed by atoms with Crippen LogP contribution in [0.15, 0.2) is 30.3 Å². The van der Waals surface area contributed by atoms with Gasteiger partial charge in [0.1, 0.15) is 0 Å². The Kier molecular flexibility index (Phi) is 3.71. The van der Waals surface area contributed by atoms with Crippen molar-refractivity contribution in [2.45, 2.75) is 20.5 Å². The second-order valence-electron chi connectivity index (χ2n) is 4.43. The number of nitrogens with zero attached hydrogens (tertiary/aromatic N) is 1. The Labute approximate surface area is 112 Å². The van der Waals surface area contributed by atoms with Gasteiger partial charge < -0.3 is 14.4 Å². The minimum Gasteiger partial charge on any atom is -0.465 e. The van der Waals surface area contributed by atoms with Crippen molar-refractivity contribution in [3.8, 4) is 5.69 Å². The summed E-state index contributed by atoms with van der Waals surface area (Å²) < 4.78 is 6.74. The molecule has 4 nitrogen and oxygen atoms in total. The summed E-state index contributed by atoms with van der Waals surface area (Å²) in [5.41, 5.74) is 4.28. The molecule has 0 aliphatic heterocycles. The molecule has 0 saturated heterocycles. The number of hydrogen-bond donors (Lipinski definition) is 1. The summed E-state index contributed by atoms with van der Waals surface area (Å²) in [5, 5.41) is 9.30. The number of ether oxygens (including phenoxy) is 1. The van der Waals surface area contributed by atoms with Crippen LogP contribution in [0.3, 0.4) is 0 Å². The molecule has 0 aliphatic carbocycles. The first kappa shape index (κ1) is 13.4. The Morgan fingerprint density at radius 1 is 1.32 bits per heavy atom. The van der Waals surface area contributed by atoms with Gasteiger partial charge in [0.15, 0.2) is 0 Å². The van der Waals surface area contributed by atoms with Crippen molar-refractivity contribution >= 4 is 5.97 Å². The number of methoxy groups -OCH3 is 1. The van der Waals surface area contributed by atoms with Crippen molar-refractivity contribution in [1.29, 1.82) is 0 Å². The zero-order valence-corrected chi connectivity index (χ0v) is 11.3. The number of carbonyl (C=O) groups is 1. The lowest BCUT2D eigenvalue weighted by Crippen LogP contribution is -2.04. The molecule has 0 bridgehead atoms. The van der Waals surface area contributed by atoms with Gasteiger partial charge in [-0.2, -0.15) is 0 Å². The van der Waals surface area contributed by atoms with Crippen molar-refractivity contribution in [3.63, 3.8) is 0 Å². The minimum atomic E-state index is -0.355. The topological polar surface area (TPSA) is 51.5 Å². The molecular formula is C15H17NO3. The molecule has 0 saturated carbocycles. The molecule has 1 N–H and O–H groups in total. The SMILES string of the molecule is COC(=O)c1cccc(-n2c(C)cc(CO)c2C)c1. The highest BCUT2D eigenvalue weighted by Gasteiger charge is 2.12. The Balaban J connectivity index is 2.53. The molecule has 100 valence electrons. The summed E-state index contributed by atoms with van der Waals surface area (Å²) in [4.78, 5) is 11.6. The first-order chi connectivity index (χ1) is 9.08. The molecule has 0 atom stereocenters. The average Bonchev–Trinajstić information content (AvgIpc) is 2.72. The summed E-state index contributed by atoms with van der Waals surface area (Å²) in [5.74, 6) is -0.355. The van der Waals surface area contributed by atoms with Gasteiger partial charge in [-0.05, 0) is 43.7 Å². The number of aliphatic hydroxyl groups excluding tert-OH is 1. The molecule has 19 heavy (non-hydrogen) atoms. The van der Waals surface area contributed by atoms with Crippen LogP contribution in [0.5, 0.6) is 0 Å². The van der Waals surface area contributed by atoms with Crippen molar-refractivity contribution in [2.75, 3.05) is 7.11 Å². The van der Waals surface area contributed by atoms with E-state index in [1.807, 2.05) is 36.6 Å². The van der Waals surface area contributed by atoms with E-state index >= 15 is 0 Å². The molecule has 0 unspecified atom stereocenters. The van der Waals surface area contributed by atoms with E-state index < -0.39 is 0 Å². The van der Waals surface area contributed by atoms with Gasteiger partial charge in [-0.1, -0.05) is 6.07 Å². The zero-order valence-electron chi connectivity index (χ0n) is 11.3. The molecule has 1 heterocycles. The monoisotopic (exact) mass is 259 g/mol. The molecule has 0 fully saturated rings. The third-order valence-corrected chi connectivity index (χ3v) is 3.23. The van der Waals surface area contributed by atoms with Crippen molar-refractivity contribution in [3.05, 3.63) is 52.8 Å². The van der Waals surface area contributed by atoms with Gasteiger partial charge in [0.05, 0.1) is 19.3 Å². The van der Waals surface area contributed by atoms with E-state index in [9.17, 15) is 9.90 Å². The molecule has 2 aromatic rings. The highest BCUT2D eigenvalue weighted by molar-refractivity contribution is 5.89. The van der Waals surface area contributed by atoms with Crippen LogP contribution < -0.4 is 0 Å². The van der Waals surface area contributed by atoms with Crippen LogP contribution in [0.4, 0.5) is 0 Å². The van der Waals surface area contributed by atoms with Gasteiger partial charge in [0.2, 0.25) is 0 Å². The predicted molar refractivity (Wildman–Crippen MR) is 72.5 cm³/mol. The molecule has 1 aromatic carbocycles. The largest absolute Gasteiger partial charge is 0.465 e. The minimum absolute atomic E-state index is 0.0103. The van der Waals surface area contributed by atoms with Crippen LogP contribution in [0, 0.1) is 13.8 Å². The van der Waals surface area contributed by atoms with Crippen LogP contribution >= 0.6 is 0 Å². The van der Waals surface area contributed by atoms with E-state index in [4.69, 9.17) is 4.74 Å². The third kappa shape index (κ3) is 2.39. The number of hydrogen-bond acceptors (Lipinski definition) is 3. The Morgan fingerprint density at radius 2 is 2.05 bits per heavy atom. The van der Waals surface area contributed by atoms with Gasteiger partial charge >= 0.3 is 5.97 Å². The van der Waals surface area contributed by atoms with Crippen LogP contribution in [0.25, 0.3) is 5.69 Å². The van der Waals surface area contributed by atoms with Crippen molar-refractivity contribution in [2.24, 2.45) is 0 Å². The first-order valence-corrected chi connectivity index (χ1v) is 6.06. The summed E-state index contributed by atoms with van der Waals surface area (Å²) in [7, 11) is 1.37. The summed E-state index contributed by atoms with van der Waals surface area (Å²) in [6.45, 7) is 3.93. The summed E-state index contributed by atoms with van der Waals surface area (Å²) >= 11 is 0. The Hall–Kier alpha value is -2.07. The fraction of sp³-hybridized carbons (Fsp3) is 0.267. The molecule has 0 aliphatic rings.